The first-order valence-corrected chi connectivity index (χ1v) is 8.77. The van der Waals surface area contributed by atoms with E-state index in [4.69, 9.17) is 0 Å². The summed E-state index contributed by atoms with van der Waals surface area (Å²) < 4.78 is 0. The van der Waals surface area contributed by atoms with Crippen LogP contribution in [0.3, 0.4) is 0 Å². The van der Waals surface area contributed by atoms with E-state index in [9.17, 15) is 4.79 Å². The summed E-state index contributed by atoms with van der Waals surface area (Å²) in [4.78, 5) is 16.6. The van der Waals surface area contributed by atoms with Gasteiger partial charge in [0.05, 0.1) is 0 Å². The van der Waals surface area contributed by atoms with Gasteiger partial charge in [-0.05, 0) is 29.9 Å². The molecule has 0 spiro atoms. The van der Waals surface area contributed by atoms with Crippen LogP contribution in [0.2, 0.25) is 0 Å². The fourth-order valence-corrected chi connectivity index (χ4v) is 3.12. The summed E-state index contributed by atoms with van der Waals surface area (Å²) in [5, 5.41) is 3.02. The summed E-state index contributed by atoms with van der Waals surface area (Å²) >= 11 is 0. The van der Waals surface area contributed by atoms with E-state index in [-0.39, 0.29) is 6.03 Å². The number of carbonyl (C=O) groups excluding carboxylic acids is 1. The van der Waals surface area contributed by atoms with Gasteiger partial charge >= 0.3 is 6.03 Å². The highest BCUT2D eigenvalue weighted by atomic mass is 16.2. The van der Waals surface area contributed by atoms with E-state index in [1.54, 1.807) is 0 Å². The molecule has 1 aromatic carbocycles. The van der Waals surface area contributed by atoms with E-state index in [1.807, 2.05) is 4.90 Å². The van der Waals surface area contributed by atoms with Crippen LogP contribution in [-0.4, -0.2) is 43.7 Å². The van der Waals surface area contributed by atoms with Crippen molar-refractivity contribution >= 4 is 11.7 Å². The number of urea groups is 1. The van der Waals surface area contributed by atoms with Crippen molar-refractivity contribution in [3.8, 4) is 0 Å². The van der Waals surface area contributed by atoms with Crippen molar-refractivity contribution in [3.63, 3.8) is 0 Å². The van der Waals surface area contributed by atoms with Gasteiger partial charge in [-0.1, -0.05) is 45.9 Å². The Morgan fingerprint density at radius 3 is 2.35 bits per heavy atom. The molecule has 4 heteroatoms. The van der Waals surface area contributed by atoms with Gasteiger partial charge in [0.15, 0.2) is 0 Å². The van der Waals surface area contributed by atoms with Gasteiger partial charge in [0, 0.05) is 38.4 Å². The maximum absolute atomic E-state index is 12.2. The first-order chi connectivity index (χ1) is 10.9. The summed E-state index contributed by atoms with van der Waals surface area (Å²) in [6.07, 6.45) is 0. The van der Waals surface area contributed by atoms with Gasteiger partial charge in [0.25, 0.3) is 0 Å². The third-order valence-electron chi connectivity index (χ3n) is 4.44. The first-order valence-electron chi connectivity index (χ1n) is 8.77. The van der Waals surface area contributed by atoms with Crippen molar-refractivity contribution < 1.29 is 4.79 Å². The predicted molar refractivity (Wildman–Crippen MR) is 97.3 cm³/mol. The number of aryl methyl sites for hydroxylation is 1. The molecule has 1 aromatic rings. The molecule has 0 atom stereocenters. The molecule has 0 unspecified atom stereocenters. The molecule has 0 saturated carbocycles. The Bertz CT molecular complexity index is 531. The Morgan fingerprint density at radius 1 is 1.13 bits per heavy atom. The van der Waals surface area contributed by atoms with E-state index in [1.165, 1.54) is 16.8 Å². The molecule has 23 heavy (non-hydrogen) atoms. The number of amides is 2. The Kier molecular flexibility index (Phi) is 5.91. The minimum atomic E-state index is 0.0761. The van der Waals surface area contributed by atoms with E-state index in [0.29, 0.717) is 11.8 Å². The summed E-state index contributed by atoms with van der Waals surface area (Å²) in [7, 11) is 0. The normalized spacial score (nSPS) is 15.4. The summed E-state index contributed by atoms with van der Waals surface area (Å²) in [6.45, 7) is 15.0. The van der Waals surface area contributed by atoms with Crippen molar-refractivity contribution in [2.45, 2.75) is 40.5 Å². The average molecular weight is 317 g/mol. The van der Waals surface area contributed by atoms with Crippen LogP contribution in [0.5, 0.6) is 0 Å². The molecule has 1 heterocycles. The van der Waals surface area contributed by atoms with Crippen LogP contribution >= 0.6 is 0 Å². The molecule has 0 bridgehead atoms. The predicted octanol–water partition coefficient (Wildman–Crippen LogP) is 3.61. The third kappa shape index (κ3) is 4.40. The Hall–Kier alpha value is -1.71. The quantitative estimate of drug-likeness (QED) is 0.921. The summed E-state index contributed by atoms with van der Waals surface area (Å²) in [6, 6.07) is 6.63. The average Bonchev–Trinajstić information content (AvgIpc) is 2.52. The highest BCUT2D eigenvalue weighted by molar-refractivity contribution is 5.74. The zero-order valence-electron chi connectivity index (χ0n) is 15.2. The van der Waals surface area contributed by atoms with Crippen molar-refractivity contribution in [2.24, 2.45) is 5.92 Å². The van der Waals surface area contributed by atoms with Gasteiger partial charge in [0.2, 0.25) is 0 Å². The standard InChI is InChI=1S/C19H31N3O/c1-14(2)13-20-19(23)22-11-9-21(10-12-22)18-16(5)7-6-8-17(18)15(3)4/h6-8,14-15H,9-13H2,1-5H3,(H,20,23). The largest absolute Gasteiger partial charge is 0.368 e. The van der Waals surface area contributed by atoms with Gasteiger partial charge in [0.1, 0.15) is 0 Å². The second kappa shape index (κ2) is 7.71. The zero-order valence-corrected chi connectivity index (χ0v) is 15.2. The number of nitrogens with zero attached hydrogens (tertiary/aromatic N) is 2. The van der Waals surface area contributed by atoms with Gasteiger partial charge in [-0.15, -0.1) is 0 Å². The Morgan fingerprint density at radius 2 is 1.78 bits per heavy atom. The van der Waals surface area contributed by atoms with Crippen LogP contribution in [0, 0.1) is 12.8 Å². The maximum Gasteiger partial charge on any atom is 0.317 e. The van der Waals surface area contributed by atoms with E-state index >= 15 is 0 Å². The maximum atomic E-state index is 12.2. The molecule has 1 saturated heterocycles. The molecular formula is C19H31N3O. The number of anilines is 1. The fraction of sp³-hybridized carbons (Fsp3) is 0.632. The number of benzene rings is 1. The van der Waals surface area contributed by atoms with Crippen LogP contribution in [-0.2, 0) is 0 Å². The van der Waals surface area contributed by atoms with E-state index in [0.717, 1.165) is 32.7 Å². The second-order valence-electron chi connectivity index (χ2n) is 7.22. The number of nitrogens with one attached hydrogen (secondary N) is 1. The number of rotatable bonds is 4. The Labute approximate surface area is 140 Å². The lowest BCUT2D eigenvalue weighted by atomic mass is 9.97. The van der Waals surface area contributed by atoms with Gasteiger partial charge in [-0.25, -0.2) is 4.79 Å². The number of hydrogen-bond donors (Lipinski definition) is 1. The van der Waals surface area contributed by atoms with Crippen molar-refractivity contribution in [1.29, 1.82) is 0 Å². The lowest BCUT2D eigenvalue weighted by Crippen LogP contribution is -2.52. The van der Waals surface area contributed by atoms with Crippen LogP contribution < -0.4 is 10.2 Å². The van der Waals surface area contributed by atoms with Gasteiger partial charge in [-0.3, -0.25) is 0 Å². The lowest BCUT2D eigenvalue weighted by molar-refractivity contribution is 0.193. The van der Waals surface area contributed by atoms with E-state index in [2.05, 4.69) is 63.0 Å². The van der Waals surface area contributed by atoms with Crippen LogP contribution in [0.1, 0.15) is 44.7 Å². The molecule has 4 nitrogen and oxygen atoms in total. The first kappa shape index (κ1) is 17.6. The molecule has 0 radical (unpaired) electrons. The summed E-state index contributed by atoms with van der Waals surface area (Å²) in [5.41, 5.74) is 4.10. The number of hydrogen-bond acceptors (Lipinski definition) is 2. The molecule has 1 N–H and O–H groups in total. The Balaban J connectivity index is 2.01. The van der Waals surface area contributed by atoms with Gasteiger partial charge in [-0.2, -0.15) is 0 Å². The molecule has 1 aliphatic rings. The van der Waals surface area contributed by atoms with Crippen molar-refractivity contribution in [3.05, 3.63) is 29.3 Å². The number of para-hydroxylation sites is 1. The molecule has 2 rings (SSSR count). The highest BCUT2D eigenvalue weighted by Crippen LogP contribution is 2.31. The monoisotopic (exact) mass is 317 g/mol. The summed E-state index contributed by atoms with van der Waals surface area (Å²) in [5.74, 6) is 0.998. The molecule has 1 fully saturated rings. The molecule has 0 aliphatic carbocycles. The smallest absolute Gasteiger partial charge is 0.317 e. The third-order valence-corrected chi connectivity index (χ3v) is 4.44. The molecule has 0 aromatic heterocycles. The van der Waals surface area contributed by atoms with Crippen molar-refractivity contribution in [1.82, 2.24) is 10.2 Å². The van der Waals surface area contributed by atoms with Crippen LogP contribution in [0.25, 0.3) is 0 Å². The van der Waals surface area contributed by atoms with Crippen LogP contribution in [0.4, 0.5) is 10.5 Å². The van der Waals surface area contributed by atoms with E-state index < -0.39 is 0 Å². The lowest BCUT2D eigenvalue weighted by Gasteiger charge is -2.38. The van der Waals surface area contributed by atoms with Crippen LogP contribution in [0.15, 0.2) is 18.2 Å². The molecule has 1 aliphatic heterocycles. The highest BCUT2D eigenvalue weighted by Gasteiger charge is 2.24. The molecule has 2 amide bonds. The van der Waals surface area contributed by atoms with Crippen molar-refractivity contribution in [2.75, 3.05) is 37.6 Å². The topological polar surface area (TPSA) is 35.6 Å². The minimum absolute atomic E-state index is 0.0761. The number of carbonyl (C=O) groups is 1. The molecule has 128 valence electrons. The fourth-order valence-electron chi connectivity index (χ4n) is 3.12. The minimum Gasteiger partial charge on any atom is -0.368 e. The van der Waals surface area contributed by atoms with Gasteiger partial charge < -0.3 is 15.1 Å². The zero-order chi connectivity index (χ0) is 17.0. The molecular weight excluding hydrogens is 286 g/mol. The number of piperazine rings is 1. The second-order valence-corrected chi connectivity index (χ2v) is 7.22. The SMILES string of the molecule is Cc1cccc(C(C)C)c1N1CCN(C(=O)NCC(C)C)CC1.